The van der Waals surface area contributed by atoms with Crippen molar-refractivity contribution in [1.82, 2.24) is 4.90 Å². The molecule has 1 aliphatic heterocycles. The van der Waals surface area contributed by atoms with Gasteiger partial charge < -0.3 is 9.64 Å². The number of esters is 1. The summed E-state index contributed by atoms with van der Waals surface area (Å²) in [5.41, 5.74) is 1.59. The predicted octanol–water partition coefficient (Wildman–Crippen LogP) is 1.97. The van der Waals surface area contributed by atoms with E-state index in [0.29, 0.717) is 12.1 Å². The Morgan fingerprint density at radius 1 is 1.53 bits per heavy atom. The fraction of sp³-hybridized carbons (Fsp3) is 0.333. The third-order valence-electron chi connectivity index (χ3n) is 2.91. The Balaban J connectivity index is 2.28. The molecule has 1 aliphatic rings. The maximum Gasteiger partial charge on any atom is 0.328 e. The number of rotatable bonds is 2. The van der Waals surface area contributed by atoms with E-state index in [1.807, 2.05) is 12.1 Å². The number of amides is 1. The van der Waals surface area contributed by atoms with Gasteiger partial charge in [-0.3, -0.25) is 4.79 Å². The first-order chi connectivity index (χ1) is 8.04. The number of ether oxygens (including phenoxy) is 1. The van der Waals surface area contributed by atoms with Gasteiger partial charge in [0.15, 0.2) is 0 Å². The number of hydrogen-bond acceptors (Lipinski definition) is 3. The smallest absolute Gasteiger partial charge is 0.328 e. The van der Waals surface area contributed by atoms with E-state index in [4.69, 9.17) is 0 Å². The largest absolute Gasteiger partial charge is 0.467 e. The number of carbonyl (C=O) groups is 2. The molecule has 0 bridgehead atoms. The maximum atomic E-state index is 12.1. The van der Waals surface area contributed by atoms with Crippen molar-refractivity contribution < 1.29 is 14.3 Å². The average Bonchev–Trinajstić information content (AvgIpc) is 2.65. The highest BCUT2D eigenvalue weighted by molar-refractivity contribution is 9.10. The number of methoxy groups -OCH3 is 1. The second kappa shape index (κ2) is 4.49. The van der Waals surface area contributed by atoms with Gasteiger partial charge in [0, 0.05) is 16.6 Å². The van der Waals surface area contributed by atoms with E-state index in [1.165, 1.54) is 12.0 Å². The van der Waals surface area contributed by atoms with Crippen LogP contribution in [0.5, 0.6) is 0 Å². The maximum absolute atomic E-state index is 12.1. The van der Waals surface area contributed by atoms with Crippen LogP contribution in [0, 0.1) is 0 Å². The van der Waals surface area contributed by atoms with E-state index in [9.17, 15) is 9.59 Å². The lowest BCUT2D eigenvalue weighted by Crippen LogP contribution is -2.39. The molecule has 5 heteroatoms. The van der Waals surface area contributed by atoms with E-state index >= 15 is 0 Å². The van der Waals surface area contributed by atoms with E-state index in [1.54, 1.807) is 13.0 Å². The van der Waals surface area contributed by atoms with Gasteiger partial charge in [-0.15, -0.1) is 0 Å². The molecule has 1 atom stereocenters. The average molecular weight is 298 g/mol. The van der Waals surface area contributed by atoms with Crippen LogP contribution in [0.25, 0.3) is 0 Å². The zero-order valence-corrected chi connectivity index (χ0v) is 11.2. The lowest BCUT2D eigenvalue weighted by molar-refractivity contribution is -0.145. The molecule has 1 aromatic rings. The van der Waals surface area contributed by atoms with Gasteiger partial charge in [-0.2, -0.15) is 0 Å². The third-order valence-corrected chi connectivity index (χ3v) is 3.41. The first kappa shape index (κ1) is 12.1. The Labute approximate surface area is 108 Å². The Morgan fingerprint density at radius 3 is 2.88 bits per heavy atom. The van der Waals surface area contributed by atoms with Gasteiger partial charge in [-0.05, 0) is 24.6 Å². The molecule has 0 aliphatic carbocycles. The molecule has 0 radical (unpaired) electrons. The molecule has 90 valence electrons. The highest BCUT2D eigenvalue weighted by atomic mass is 79.9. The lowest BCUT2D eigenvalue weighted by Gasteiger charge is -2.21. The number of carbonyl (C=O) groups excluding carboxylic acids is 2. The quantitative estimate of drug-likeness (QED) is 0.784. The summed E-state index contributed by atoms with van der Waals surface area (Å²) in [5, 5.41) is 0. The Morgan fingerprint density at radius 2 is 2.24 bits per heavy atom. The standard InChI is InChI=1S/C12H12BrNO3/c1-7(12(16)17-2)14-6-8-3-4-9(13)5-10(8)11(14)15/h3-5,7H,6H2,1-2H3. The van der Waals surface area contributed by atoms with Crippen molar-refractivity contribution in [2.45, 2.75) is 19.5 Å². The van der Waals surface area contributed by atoms with Crippen LogP contribution in [-0.2, 0) is 16.1 Å². The zero-order chi connectivity index (χ0) is 12.6. The lowest BCUT2D eigenvalue weighted by atomic mass is 10.1. The minimum Gasteiger partial charge on any atom is -0.467 e. The second-order valence-corrected chi connectivity index (χ2v) is 4.85. The molecule has 0 fully saturated rings. The summed E-state index contributed by atoms with van der Waals surface area (Å²) >= 11 is 3.33. The van der Waals surface area contributed by atoms with Crippen LogP contribution in [-0.4, -0.2) is 29.9 Å². The van der Waals surface area contributed by atoms with Crippen LogP contribution in [0.3, 0.4) is 0 Å². The van der Waals surface area contributed by atoms with Crippen LogP contribution in [0.1, 0.15) is 22.8 Å². The third kappa shape index (κ3) is 2.07. The molecule has 0 saturated heterocycles. The van der Waals surface area contributed by atoms with E-state index in [2.05, 4.69) is 20.7 Å². The van der Waals surface area contributed by atoms with Gasteiger partial charge in [0.1, 0.15) is 6.04 Å². The van der Waals surface area contributed by atoms with Crippen molar-refractivity contribution in [1.29, 1.82) is 0 Å². The molecule has 1 amide bonds. The normalized spacial score (nSPS) is 15.7. The van der Waals surface area contributed by atoms with Crippen molar-refractivity contribution in [2.24, 2.45) is 0 Å². The van der Waals surface area contributed by atoms with Gasteiger partial charge in [0.25, 0.3) is 5.91 Å². The molecule has 17 heavy (non-hydrogen) atoms. The van der Waals surface area contributed by atoms with Crippen LogP contribution in [0.15, 0.2) is 22.7 Å². The number of hydrogen-bond donors (Lipinski definition) is 0. The molecule has 0 saturated carbocycles. The van der Waals surface area contributed by atoms with Gasteiger partial charge in [-0.25, -0.2) is 4.79 Å². The molecular formula is C12H12BrNO3. The number of halogens is 1. The summed E-state index contributed by atoms with van der Waals surface area (Å²) in [4.78, 5) is 25.1. The molecule has 1 heterocycles. The molecule has 0 N–H and O–H groups in total. The van der Waals surface area contributed by atoms with Gasteiger partial charge in [0.05, 0.1) is 7.11 Å². The van der Waals surface area contributed by atoms with Crippen LogP contribution < -0.4 is 0 Å². The summed E-state index contributed by atoms with van der Waals surface area (Å²) in [6.45, 7) is 2.13. The molecular weight excluding hydrogens is 286 g/mol. The first-order valence-corrected chi connectivity index (χ1v) is 6.01. The van der Waals surface area contributed by atoms with Crippen LogP contribution >= 0.6 is 15.9 Å². The molecule has 0 aromatic heterocycles. The highest BCUT2D eigenvalue weighted by Crippen LogP contribution is 2.27. The van der Waals surface area contributed by atoms with Crippen LogP contribution in [0.2, 0.25) is 0 Å². The van der Waals surface area contributed by atoms with Crippen LogP contribution in [0.4, 0.5) is 0 Å². The fourth-order valence-corrected chi connectivity index (χ4v) is 2.27. The molecule has 1 unspecified atom stereocenters. The number of nitrogens with zero attached hydrogens (tertiary/aromatic N) is 1. The zero-order valence-electron chi connectivity index (χ0n) is 9.57. The van der Waals surface area contributed by atoms with Crippen molar-refractivity contribution in [2.75, 3.05) is 7.11 Å². The van der Waals surface area contributed by atoms with Crippen molar-refractivity contribution in [3.8, 4) is 0 Å². The number of benzene rings is 1. The predicted molar refractivity (Wildman–Crippen MR) is 65.5 cm³/mol. The van der Waals surface area contributed by atoms with Gasteiger partial charge in [-0.1, -0.05) is 22.0 Å². The molecule has 0 spiro atoms. The Hall–Kier alpha value is -1.36. The van der Waals surface area contributed by atoms with E-state index in [-0.39, 0.29) is 5.91 Å². The van der Waals surface area contributed by atoms with Gasteiger partial charge >= 0.3 is 5.97 Å². The molecule has 4 nitrogen and oxygen atoms in total. The Bertz CT molecular complexity index is 487. The second-order valence-electron chi connectivity index (χ2n) is 3.93. The highest BCUT2D eigenvalue weighted by Gasteiger charge is 2.34. The first-order valence-electron chi connectivity index (χ1n) is 5.22. The summed E-state index contributed by atoms with van der Waals surface area (Å²) < 4.78 is 5.51. The van der Waals surface area contributed by atoms with E-state index < -0.39 is 12.0 Å². The topological polar surface area (TPSA) is 46.6 Å². The minimum atomic E-state index is -0.557. The summed E-state index contributed by atoms with van der Waals surface area (Å²) in [6.07, 6.45) is 0. The molecule has 2 rings (SSSR count). The summed E-state index contributed by atoms with van der Waals surface area (Å²) in [6, 6.07) is 5.00. The van der Waals surface area contributed by atoms with E-state index in [0.717, 1.165) is 10.0 Å². The van der Waals surface area contributed by atoms with Crippen molar-refractivity contribution >= 4 is 27.8 Å². The fourth-order valence-electron chi connectivity index (χ4n) is 1.91. The van der Waals surface area contributed by atoms with Gasteiger partial charge in [0.2, 0.25) is 0 Å². The minimum absolute atomic E-state index is 0.126. The van der Waals surface area contributed by atoms with Crippen molar-refractivity contribution in [3.05, 3.63) is 33.8 Å². The summed E-state index contributed by atoms with van der Waals surface area (Å²) in [7, 11) is 1.32. The van der Waals surface area contributed by atoms with Crippen molar-refractivity contribution in [3.63, 3.8) is 0 Å². The Kier molecular flexibility index (Phi) is 3.19. The number of fused-ring (bicyclic) bond motifs is 1. The SMILES string of the molecule is COC(=O)C(C)N1Cc2ccc(Br)cc2C1=O. The molecule has 1 aromatic carbocycles. The monoisotopic (exact) mass is 297 g/mol. The summed E-state index contributed by atoms with van der Waals surface area (Å²) in [5.74, 6) is -0.524.